The molecular weight excluding hydrogens is 188 g/mol. The summed E-state index contributed by atoms with van der Waals surface area (Å²) < 4.78 is 5.20. The summed E-state index contributed by atoms with van der Waals surface area (Å²) in [5.74, 6) is 0.823. The smallest absolute Gasteiger partial charge is 0.0518 e. The molecule has 4 N–H and O–H groups in total. The van der Waals surface area contributed by atoms with Crippen LogP contribution in [0.1, 0.15) is 47.0 Å². The van der Waals surface area contributed by atoms with E-state index in [9.17, 15) is 0 Å². The molecule has 3 nitrogen and oxygen atoms in total. The molecule has 0 atom stereocenters. The standard InChI is InChI=1S/C6H15NO.C6H15N/c1-6(2)8-5-3-4-7;1-6(2)4-3-5-7/h6H,3-5,7H2,1-2H3;6H,3-5,7H2,1-2H3. The summed E-state index contributed by atoms with van der Waals surface area (Å²) in [5.41, 5.74) is 10.5. The minimum Gasteiger partial charge on any atom is -0.379 e. The van der Waals surface area contributed by atoms with E-state index in [0.29, 0.717) is 6.10 Å². The molecule has 0 aromatic heterocycles. The van der Waals surface area contributed by atoms with Crippen molar-refractivity contribution in [1.82, 2.24) is 0 Å². The van der Waals surface area contributed by atoms with Crippen molar-refractivity contribution in [2.24, 2.45) is 17.4 Å². The molecule has 0 amide bonds. The van der Waals surface area contributed by atoms with Gasteiger partial charge in [-0.25, -0.2) is 0 Å². The van der Waals surface area contributed by atoms with Crippen molar-refractivity contribution in [3.05, 3.63) is 0 Å². The van der Waals surface area contributed by atoms with Crippen LogP contribution in [-0.4, -0.2) is 25.8 Å². The first-order valence-electron chi connectivity index (χ1n) is 6.06. The lowest BCUT2D eigenvalue weighted by Crippen LogP contribution is -2.08. The molecule has 0 saturated heterocycles. The van der Waals surface area contributed by atoms with Gasteiger partial charge in [0.25, 0.3) is 0 Å². The lowest BCUT2D eigenvalue weighted by Gasteiger charge is -2.04. The molecule has 0 bridgehead atoms. The van der Waals surface area contributed by atoms with Crippen molar-refractivity contribution in [3.63, 3.8) is 0 Å². The molecule has 0 aromatic rings. The minimum atomic E-state index is 0.349. The molecule has 0 unspecified atom stereocenters. The highest BCUT2D eigenvalue weighted by atomic mass is 16.5. The Balaban J connectivity index is 0. The first kappa shape index (κ1) is 17.3. The van der Waals surface area contributed by atoms with Crippen LogP contribution in [0.4, 0.5) is 0 Å². The van der Waals surface area contributed by atoms with Crippen molar-refractivity contribution in [2.45, 2.75) is 53.1 Å². The van der Waals surface area contributed by atoms with Crippen molar-refractivity contribution in [2.75, 3.05) is 19.7 Å². The van der Waals surface area contributed by atoms with Gasteiger partial charge in [0.05, 0.1) is 6.10 Å². The number of nitrogens with two attached hydrogens (primary N) is 2. The molecule has 0 heterocycles. The molecule has 94 valence electrons. The molecule has 0 aromatic carbocycles. The maximum Gasteiger partial charge on any atom is 0.0518 e. The maximum absolute atomic E-state index is 5.28. The second-order valence-electron chi connectivity index (χ2n) is 4.39. The van der Waals surface area contributed by atoms with E-state index in [1.807, 2.05) is 13.8 Å². The Labute approximate surface area is 95.6 Å². The van der Waals surface area contributed by atoms with Crippen LogP contribution in [0.25, 0.3) is 0 Å². The molecule has 0 radical (unpaired) electrons. The summed E-state index contributed by atoms with van der Waals surface area (Å²) in [6.07, 6.45) is 3.77. The van der Waals surface area contributed by atoms with E-state index >= 15 is 0 Å². The fourth-order valence-electron chi connectivity index (χ4n) is 0.928. The van der Waals surface area contributed by atoms with Gasteiger partial charge in [-0.1, -0.05) is 13.8 Å². The number of hydrogen-bond acceptors (Lipinski definition) is 3. The largest absolute Gasteiger partial charge is 0.379 e. The minimum absolute atomic E-state index is 0.349. The molecule has 3 heteroatoms. The van der Waals surface area contributed by atoms with Gasteiger partial charge in [-0.3, -0.25) is 0 Å². The van der Waals surface area contributed by atoms with Crippen molar-refractivity contribution in [1.29, 1.82) is 0 Å². The quantitative estimate of drug-likeness (QED) is 0.644. The first-order chi connectivity index (χ1) is 7.04. The van der Waals surface area contributed by atoms with E-state index in [-0.39, 0.29) is 0 Å². The molecule has 0 aliphatic rings. The zero-order valence-electron chi connectivity index (χ0n) is 11.0. The van der Waals surface area contributed by atoms with E-state index in [0.717, 1.165) is 32.0 Å². The monoisotopic (exact) mass is 218 g/mol. The van der Waals surface area contributed by atoms with Gasteiger partial charge in [0.1, 0.15) is 0 Å². The lowest BCUT2D eigenvalue weighted by molar-refractivity contribution is 0.0782. The Kier molecular flexibility index (Phi) is 16.0. The van der Waals surface area contributed by atoms with Gasteiger partial charge >= 0.3 is 0 Å². The van der Waals surface area contributed by atoms with Crippen LogP contribution in [0, 0.1) is 5.92 Å². The van der Waals surface area contributed by atoms with Crippen LogP contribution in [0.3, 0.4) is 0 Å². The molecule has 15 heavy (non-hydrogen) atoms. The van der Waals surface area contributed by atoms with Crippen LogP contribution in [0.2, 0.25) is 0 Å². The molecule has 0 aliphatic carbocycles. The molecule has 0 aliphatic heterocycles. The predicted molar refractivity (Wildman–Crippen MR) is 67.9 cm³/mol. The maximum atomic E-state index is 5.28. The van der Waals surface area contributed by atoms with Crippen LogP contribution < -0.4 is 11.5 Å². The highest BCUT2D eigenvalue weighted by Crippen LogP contribution is 2.00. The molecule has 0 rings (SSSR count). The summed E-state index contributed by atoms with van der Waals surface area (Å²) in [5, 5.41) is 0. The summed E-state index contributed by atoms with van der Waals surface area (Å²) in [6, 6.07) is 0. The number of ether oxygens (including phenoxy) is 1. The average molecular weight is 218 g/mol. The summed E-state index contributed by atoms with van der Waals surface area (Å²) in [7, 11) is 0. The average Bonchev–Trinajstić information content (AvgIpc) is 2.15. The Hall–Kier alpha value is -0.120. The Bertz CT molecular complexity index is 106. The van der Waals surface area contributed by atoms with Crippen molar-refractivity contribution < 1.29 is 4.74 Å². The van der Waals surface area contributed by atoms with Gasteiger partial charge in [-0.2, -0.15) is 0 Å². The van der Waals surface area contributed by atoms with Gasteiger partial charge < -0.3 is 16.2 Å². The van der Waals surface area contributed by atoms with Crippen LogP contribution in [0.15, 0.2) is 0 Å². The fourth-order valence-corrected chi connectivity index (χ4v) is 0.928. The molecular formula is C12H30N2O. The third kappa shape index (κ3) is 24.8. The molecule has 0 fully saturated rings. The third-order valence-electron chi connectivity index (χ3n) is 1.79. The van der Waals surface area contributed by atoms with Crippen molar-refractivity contribution >= 4 is 0 Å². The van der Waals surface area contributed by atoms with Gasteiger partial charge in [0.15, 0.2) is 0 Å². The second-order valence-corrected chi connectivity index (χ2v) is 4.39. The van der Waals surface area contributed by atoms with E-state index in [1.165, 1.54) is 12.8 Å². The summed E-state index contributed by atoms with van der Waals surface area (Å²) >= 11 is 0. The Morgan fingerprint density at radius 2 is 1.47 bits per heavy atom. The van der Waals surface area contributed by atoms with E-state index in [2.05, 4.69) is 13.8 Å². The highest BCUT2D eigenvalue weighted by molar-refractivity contribution is 4.44. The highest BCUT2D eigenvalue weighted by Gasteiger charge is 1.89. The van der Waals surface area contributed by atoms with Crippen LogP contribution in [0.5, 0.6) is 0 Å². The van der Waals surface area contributed by atoms with E-state index in [1.54, 1.807) is 0 Å². The third-order valence-corrected chi connectivity index (χ3v) is 1.79. The van der Waals surface area contributed by atoms with Crippen molar-refractivity contribution in [3.8, 4) is 0 Å². The zero-order valence-corrected chi connectivity index (χ0v) is 11.0. The zero-order chi connectivity index (χ0) is 12.1. The van der Waals surface area contributed by atoms with Gasteiger partial charge in [-0.05, 0) is 52.1 Å². The van der Waals surface area contributed by atoms with Gasteiger partial charge in [0, 0.05) is 6.61 Å². The predicted octanol–water partition coefficient (Wildman–Crippen LogP) is 2.14. The Morgan fingerprint density at radius 1 is 0.933 bits per heavy atom. The van der Waals surface area contributed by atoms with Crippen LogP contribution in [-0.2, 0) is 4.74 Å². The van der Waals surface area contributed by atoms with Gasteiger partial charge in [0.2, 0.25) is 0 Å². The second kappa shape index (κ2) is 13.9. The first-order valence-corrected chi connectivity index (χ1v) is 6.06. The number of rotatable bonds is 7. The SMILES string of the molecule is CC(C)CCCN.CC(C)OCCCN. The fraction of sp³-hybridized carbons (Fsp3) is 1.00. The van der Waals surface area contributed by atoms with E-state index in [4.69, 9.17) is 16.2 Å². The molecule has 0 saturated carbocycles. The topological polar surface area (TPSA) is 61.3 Å². The summed E-state index contributed by atoms with van der Waals surface area (Å²) in [6.45, 7) is 10.9. The normalized spacial score (nSPS) is 10.4. The summed E-state index contributed by atoms with van der Waals surface area (Å²) in [4.78, 5) is 0. The molecule has 0 spiro atoms. The number of hydrogen-bond donors (Lipinski definition) is 2. The lowest BCUT2D eigenvalue weighted by atomic mass is 10.1. The van der Waals surface area contributed by atoms with Crippen LogP contribution >= 0.6 is 0 Å². The Morgan fingerprint density at radius 3 is 1.73 bits per heavy atom. The van der Waals surface area contributed by atoms with E-state index < -0.39 is 0 Å². The van der Waals surface area contributed by atoms with Gasteiger partial charge in [-0.15, -0.1) is 0 Å².